The third-order valence-electron chi connectivity index (χ3n) is 3.12. The lowest BCUT2D eigenvalue weighted by Gasteiger charge is -2.04. The van der Waals surface area contributed by atoms with Gasteiger partial charge in [0.1, 0.15) is 12.4 Å². The van der Waals surface area contributed by atoms with Gasteiger partial charge in [0.2, 0.25) is 0 Å². The van der Waals surface area contributed by atoms with Crippen LogP contribution in [-0.4, -0.2) is 6.61 Å². The summed E-state index contributed by atoms with van der Waals surface area (Å²) in [6.07, 6.45) is 7.68. The summed E-state index contributed by atoms with van der Waals surface area (Å²) in [5.41, 5.74) is 1.27. The zero-order chi connectivity index (χ0) is 14.2. The minimum atomic E-state index is 0.651. The van der Waals surface area contributed by atoms with Gasteiger partial charge < -0.3 is 4.74 Å². The normalized spacial score (nSPS) is 11.1. The van der Waals surface area contributed by atoms with Crippen molar-refractivity contribution >= 4 is 11.3 Å². The molecule has 0 amide bonds. The van der Waals surface area contributed by atoms with Gasteiger partial charge in [0.25, 0.3) is 0 Å². The van der Waals surface area contributed by atoms with Crippen LogP contribution in [0.25, 0.3) is 10.4 Å². The summed E-state index contributed by atoms with van der Waals surface area (Å²) in [5, 5.41) is 0. The fourth-order valence-electron chi connectivity index (χ4n) is 1.94. The highest BCUT2D eigenvalue weighted by Gasteiger charge is 2.02. The van der Waals surface area contributed by atoms with Gasteiger partial charge in [-0.05, 0) is 54.8 Å². The van der Waals surface area contributed by atoms with E-state index in [1.807, 2.05) is 23.5 Å². The Morgan fingerprint density at radius 2 is 1.80 bits per heavy atom. The first-order chi connectivity index (χ1) is 9.83. The lowest BCUT2D eigenvalue weighted by Crippen LogP contribution is -1.92. The van der Waals surface area contributed by atoms with Crippen molar-refractivity contribution in [1.29, 1.82) is 0 Å². The van der Waals surface area contributed by atoms with Gasteiger partial charge in [-0.3, -0.25) is 0 Å². The second-order valence-electron chi connectivity index (χ2n) is 4.71. The lowest BCUT2D eigenvalue weighted by atomic mass is 10.2. The molecule has 20 heavy (non-hydrogen) atoms. The van der Waals surface area contributed by atoms with Crippen LogP contribution in [0.4, 0.5) is 0 Å². The summed E-state index contributed by atoms with van der Waals surface area (Å²) < 4.78 is 5.69. The lowest BCUT2D eigenvalue weighted by molar-refractivity contribution is 0.362. The van der Waals surface area contributed by atoms with Crippen molar-refractivity contribution < 1.29 is 4.74 Å². The van der Waals surface area contributed by atoms with Crippen LogP contribution >= 0.6 is 11.3 Å². The summed E-state index contributed by atoms with van der Waals surface area (Å²) in [6, 6.07) is 12.8. The van der Waals surface area contributed by atoms with Crippen molar-refractivity contribution in [3.63, 3.8) is 0 Å². The predicted molar refractivity (Wildman–Crippen MR) is 88.7 cm³/mol. The van der Waals surface area contributed by atoms with Gasteiger partial charge >= 0.3 is 0 Å². The van der Waals surface area contributed by atoms with E-state index in [2.05, 4.69) is 50.3 Å². The molecule has 0 saturated carbocycles. The standard InChI is InChI=1S/C18H22OS/c1-3-5-6-7-14-19-16-10-8-15(9-11-16)18-13-12-17(4-2)20-18/h6-13H,3-5,14H2,1-2H3/b7-6+. The summed E-state index contributed by atoms with van der Waals surface area (Å²) in [7, 11) is 0. The topological polar surface area (TPSA) is 9.23 Å². The highest BCUT2D eigenvalue weighted by Crippen LogP contribution is 2.29. The van der Waals surface area contributed by atoms with E-state index in [0.717, 1.165) is 18.6 Å². The van der Waals surface area contributed by atoms with Crippen molar-refractivity contribution in [1.82, 2.24) is 0 Å². The van der Waals surface area contributed by atoms with E-state index in [9.17, 15) is 0 Å². The monoisotopic (exact) mass is 286 g/mol. The summed E-state index contributed by atoms with van der Waals surface area (Å²) in [6.45, 7) is 5.02. The van der Waals surface area contributed by atoms with Crippen LogP contribution in [0.2, 0.25) is 0 Å². The third kappa shape index (κ3) is 4.24. The Labute approximate surface area is 125 Å². The number of benzene rings is 1. The minimum Gasteiger partial charge on any atom is -0.490 e. The maximum Gasteiger partial charge on any atom is 0.119 e. The zero-order valence-electron chi connectivity index (χ0n) is 12.3. The highest BCUT2D eigenvalue weighted by molar-refractivity contribution is 7.15. The molecule has 2 rings (SSSR count). The molecule has 0 radical (unpaired) electrons. The Morgan fingerprint density at radius 3 is 2.45 bits per heavy atom. The van der Waals surface area contributed by atoms with Crippen molar-refractivity contribution in [3.05, 3.63) is 53.4 Å². The van der Waals surface area contributed by atoms with Crippen molar-refractivity contribution in [2.75, 3.05) is 6.61 Å². The second kappa shape index (κ2) is 7.91. The Balaban J connectivity index is 1.92. The number of ether oxygens (including phenoxy) is 1. The molecule has 0 aliphatic carbocycles. The van der Waals surface area contributed by atoms with Gasteiger partial charge in [-0.1, -0.05) is 32.4 Å². The first-order valence-electron chi connectivity index (χ1n) is 7.30. The maximum absolute atomic E-state index is 5.69. The molecule has 0 unspecified atom stereocenters. The smallest absolute Gasteiger partial charge is 0.119 e. The summed E-state index contributed by atoms with van der Waals surface area (Å²) >= 11 is 1.87. The Bertz CT molecular complexity index is 537. The van der Waals surface area contributed by atoms with Crippen LogP contribution in [0.5, 0.6) is 5.75 Å². The molecular formula is C18H22OS. The number of thiophene rings is 1. The van der Waals surface area contributed by atoms with Crippen molar-refractivity contribution in [2.45, 2.75) is 33.1 Å². The molecule has 0 N–H and O–H groups in total. The maximum atomic E-state index is 5.69. The number of unbranched alkanes of at least 4 members (excludes halogenated alkanes) is 1. The van der Waals surface area contributed by atoms with Crippen LogP contribution in [-0.2, 0) is 6.42 Å². The molecule has 1 aromatic carbocycles. The van der Waals surface area contributed by atoms with Crippen LogP contribution < -0.4 is 4.74 Å². The van der Waals surface area contributed by atoms with E-state index in [1.165, 1.54) is 21.7 Å². The fourth-order valence-corrected chi connectivity index (χ4v) is 2.89. The predicted octanol–water partition coefficient (Wildman–Crippen LogP) is 5.71. The van der Waals surface area contributed by atoms with Crippen LogP contribution in [0.1, 0.15) is 31.6 Å². The van der Waals surface area contributed by atoms with E-state index in [0.29, 0.717) is 6.61 Å². The molecule has 2 aromatic rings. The highest BCUT2D eigenvalue weighted by atomic mass is 32.1. The molecule has 0 aliphatic heterocycles. The van der Waals surface area contributed by atoms with Crippen LogP contribution in [0, 0.1) is 0 Å². The molecule has 0 atom stereocenters. The molecule has 0 saturated heterocycles. The van der Waals surface area contributed by atoms with Gasteiger partial charge in [0.05, 0.1) is 0 Å². The molecule has 0 fully saturated rings. The van der Waals surface area contributed by atoms with E-state index in [-0.39, 0.29) is 0 Å². The second-order valence-corrected chi connectivity index (χ2v) is 5.88. The molecule has 106 valence electrons. The Kier molecular flexibility index (Phi) is 5.87. The Morgan fingerprint density at radius 1 is 1.00 bits per heavy atom. The van der Waals surface area contributed by atoms with E-state index < -0.39 is 0 Å². The van der Waals surface area contributed by atoms with Gasteiger partial charge in [-0.25, -0.2) is 0 Å². The first-order valence-corrected chi connectivity index (χ1v) is 8.12. The van der Waals surface area contributed by atoms with E-state index in [1.54, 1.807) is 0 Å². The fraction of sp³-hybridized carbons (Fsp3) is 0.333. The quantitative estimate of drug-likeness (QED) is 0.592. The molecule has 1 nitrogen and oxygen atoms in total. The number of hydrogen-bond donors (Lipinski definition) is 0. The number of allylic oxidation sites excluding steroid dienone is 1. The van der Waals surface area contributed by atoms with Crippen LogP contribution in [0.3, 0.4) is 0 Å². The molecular weight excluding hydrogens is 264 g/mol. The van der Waals surface area contributed by atoms with E-state index in [4.69, 9.17) is 4.74 Å². The van der Waals surface area contributed by atoms with Gasteiger partial charge in [-0.15, -0.1) is 11.3 Å². The van der Waals surface area contributed by atoms with Crippen molar-refractivity contribution in [2.24, 2.45) is 0 Å². The molecule has 0 aliphatic rings. The summed E-state index contributed by atoms with van der Waals surface area (Å²) in [5.74, 6) is 0.933. The van der Waals surface area contributed by atoms with Crippen molar-refractivity contribution in [3.8, 4) is 16.2 Å². The largest absolute Gasteiger partial charge is 0.490 e. The van der Waals surface area contributed by atoms with Gasteiger partial charge in [-0.2, -0.15) is 0 Å². The number of aryl methyl sites for hydroxylation is 1. The minimum absolute atomic E-state index is 0.651. The third-order valence-corrected chi connectivity index (χ3v) is 4.40. The molecule has 0 spiro atoms. The van der Waals surface area contributed by atoms with Gasteiger partial charge in [0.15, 0.2) is 0 Å². The average molecular weight is 286 g/mol. The zero-order valence-corrected chi connectivity index (χ0v) is 13.1. The summed E-state index contributed by atoms with van der Waals surface area (Å²) in [4.78, 5) is 2.76. The first kappa shape index (κ1) is 14.9. The van der Waals surface area contributed by atoms with Gasteiger partial charge in [0, 0.05) is 9.75 Å². The molecule has 1 aromatic heterocycles. The molecule has 1 heterocycles. The molecule has 0 bridgehead atoms. The Hall–Kier alpha value is -1.54. The number of hydrogen-bond acceptors (Lipinski definition) is 2. The number of rotatable bonds is 7. The van der Waals surface area contributed by atoms with Crippen LogP contribution in [0.15, 0.2) is 48.6 Å². The van der Waals surface area contributed by atoms with E-state index >= 15 is 0 Å². The SMILES string of the molecule is CCC/C=C/COc1ccc(-c2ccc(CC)s2)cc1. The average Bonchev–Trinajstić information content (AvgIpc) is 2.97. The molecule has 2 heteroatoms.